The summed E-state index contributed by atoms with van der Waals surface area (Å²) in [6, 6.07) is 39.7. The van der Waals surface area contributed by atoms with Crippen molar-refractivity contribution < 1.29 is 48.7 Å². The van der Waals surface area contributed by atoms with Crippen molar-refractivity contribution in [2.75, 3.05) is 54.5 Å². The van der Waals surface area contributed by atoms with Gasteiger partial charge >= 0.3 is 24.1 Å². The van der Waals surface area contributed by atoms with Crippen molar-refractivity contribution in [2.24, 2.45) is 29.6 Å². The number of ether oxygens (including phenoxy) is 3. The number of rotatable bonds is 19. The number of carbonyl (C=O) groups is 4. The van der Waals surface area contributed by atoms with Gasteiger partial charge in [-0.15, -0.1) is 48.8 Å². The number of alkyl halides is 1. The van der Waals surface area contributed by atoms with Gasteiger partial charge in [0.25, 0.3) is 0 Å². The van der Waals surface area contributed by atoms with E-state index in [1.165, 1.54) is 39.9 Å². The predicted molar refractivity (Wildman–Crippen MR) is 345 cm³/mol. The molecule has 6 N–H and O–H groups in total. The zero-order chi connectivity index (χ0) is 60.1. The second-order valence-electron chi connectivity index (χ2n) is 23.6. The fourth-order valence-electron chi connectivity index (χ4n) is 14.2. The molecule has 0 spiro atoms. The Morgan fingerprint density at radius 2 is 0.897 bits per heavy atom. The van der Waals surface area contributed by atoms with Gasteiger partial charge in [-0.1, -0.05) is 134 Å². The highest BCUT2D eigenvalue weighted by Gasteiger charge is 2.49. The van der Waals surface area contributed by atoms with Crippen molar-refractivity contribution in [1.82, 2.24) is 30.7 Å². The van der Waals surface area contributed by atoms with E-state index in [4.69, 9.17) is 14.2 Å². The minimum absolute atomic E-state index is 0. The van der Waals surface area contributed by atoms with E-state index >= 15 is 0 Å². The van der Waals surface area contributed by atoms with Crippen LogP contribution in [0.1, 0.15) is 124 Å². The first-order valence-corrected chi connectivity index (χ1v) is 30.8. The fraction of sp³-hybridized carbons (Fsp3) is 0.561. The number of hydrogen-bond acceptors (Lipinski definition) is 14. The highest BCUT2D eigenvalue weighted by atomic mass is 35.5. The van der Waals surface area contributed by atoms with Gasteiger partial charge in [0, 0.05) is 44.6 Å². The zero-order valence-electron chi connectivity index (χ0n) is 50.8. The number of benzene rings is 4. The number of aliphatic hydroxyl groups is 3. The third-order valence-corrected chi connectivity index (χ3v) is 18.2. The molecule has 17 nitrogen and oxygen atoms in total. The van der Waals surface area contributed by atoms with Crippen molar-refractivity contribution in [3.05, 3.63) is 144 Å². The number of nitriles is 1. The number of fused-ring (bicyclic) bond motifs is 6. The van der Waals surface area contributed by atoms with Crippen LogP contribution < -0.4 is 16.0 Å². The average Bonchev–Trinajstić information content (AvgIpc) is 2.07. The monoisotopic (exact) mass is 1280 g/mol. The lowest BCUT2D eigenvalue weighted by Gasteiger charge is -2.42. The van der Waals surface area contributed by atoms with Crippen LogP contribution in [0.15, 0.2) is 121 Å². The van der Waals surface area contributed by atoms with Crippen LogP contribution in [0.3, 0.4) is 0 Å². The highest BCUT2D eigenvalue weighted by molar-refractivity contribution is 6.15. The molecule has 10 rings (SSSR count). The molecule has 6 fully saturated rings. The number of esters is 2. The maximum absolute atomic E-state index is 12.8. The van der Waals surface area contributed by atoms with E-state index in [9.17, 15) is 39.8 Å². The van der Waals surface area contributed by atoms with Gasteiger partial charge in [-0.3, -0.25) is 25.5 Å². The molecule has 480 valence electrons. The molecule has 0 radical (unpaired) electrons. The predicted octanol–water partition coefficient (Wildman–Crippen LogP) is 10.4. The number of piperidine rings is 2. The van der Waals surface area contributed by atoms with Crippen LogP contribution in [0.2, 0.25) is 0 Å². The molecule has 3 amide bonds. The molecule has 4 heterocycles. The van der Waals surface area contributed by atoms with E-state index in [1.807, 2.05) is 131 Å². The van der Waals surface area contributed by atoms with Crippen LogP contribution in [0.25, 0.3) is 0 Å². The molecule has 2 saturated carbocycles. The van der Waals surface area contributed by atoms with Crippen molar-refractivity contribution in [1.29, 1.82) is 5.26 Å². The summed E-state index contributed by atoms with van der Waals surface area (Å²) in [5, 5.41) is 49.5. The summed E-state index contributed by atoms with van der Waals surface area (Å²) >= 11 is 4.64. The average molecular weight is 1290 g/mol. The molecule has 21 heteroatoms. The molecule has 6 unspecified atom stereocenters. The lowest BCUT2D eigenvalue weighted by Crippen LogP contribution is -2.55. The number of methoxy groups -OCH3 is 2. The molecule has 12 atom stereocenters. The third-order valence-electron chi connectivity index (χ3n) is 18.2. The van der Waals surface area contributed by atoms with E-state index in [0.29, 0.717) is 5.92 Å². The molecular weight excluding hydrogens is 1190 g/mol. The van der Waals surface area contributed by atoms with Gasteiger partial charge in [0.2, 0.25) is 0 Å². The van der Waals surface area contributed by atoms with Gasteiger partial charge in [-0.25, -0.2) is 9.59 Å². The highest BCUT2D eigenvalue weighted by Crippen LogP contribution is 2.46. The maximum atomic E-state index is 12.8. The quantitative estimate of drug-likeness (QED) is 0.0292. The summed E-state index contributed by atoms with van der Waals surface area (Å²) in [6.45, 7) is 0.0653. The lowest BCUT2D eigenvalue weighted by molar-refractivity contribution is -0.146. The first kappa shape index (κ1) is 74.2. The third kappa shape index (κ3) is 19.9. The Morgan fingerprint density at radius 3 is 1.26 bits per heavy atom. The zero-order valence-corrected chi connectivity index (χ0v) is 54.0. The topological polar surface area (TPSA) is 226 Å². The Labute approximate surface area is 538 Å². The second kappa shape index (κ2) is 37.7. The molecule has 4 aromatic rings. The number of nitrogens with zero attached hydrogens (tertiary/aromatic N) is 4. The summed E-state index contributed by atoms with van der Waals surface area (Å²) in [5.74, 6) is 1.52. The maximum Gasteiger partial charge on any atom is 0.410 e. The van der Waals surface area contributed by atoms with Gasteiger partial charge < -0.3 is 44.2 Å². The number of halogens is 4. The van der Waals surface area contributed by atoms with E-state index in [1.54, 1.807) is 19.0 Å². The SMILES string of the molecule is CCl.COC(=O)[C@@H](N[C@@H](CO)c1ccccc1)C1CC2CCC(C1)N2C(=O)N(C)C.COC(=O)[C@@H](N[C@@H](CO)c1ccccc1)C1CC2CCC(C2)C1.Cl.Cl.Cl.N#C[C@@H](N[C@@H](CO)c1ccccc1)C1CC2CCC(C1)N2C(=O)OCc1ccccc1. The van der Waals surface area contributed by atoms with E-state index in [2.05, 4.69) is 33.6 Å². The Bertz CT molecular complexity index is 2650. The first-order chi connectivity index (χ1) is 40.9. The fourth-order valence-corrected chi connectivity index (χ4v) is 14.2. The molecule has 4 aliphatic heterocycles. The standard InChI is InChI=1S/C25H29N3O3.C21H31N3O4.C19H27NO3.CH3Cl.3ClH/c26-15-23(27-24(16-29)19-9-5-2-6-10-19)20-13-21-11-12-22(14-20)28(21)25(30)31-17-18-7-3-1-4-8-18;1-23(2)21(27)24-16-9-10-17(24)12-15(11-16)19(20(26)28-3)22-18(13-25)14-7-5-4-6-8-14;1-23-19(22)18(16-10-13-7-8-14(9-13)11-16)20-17(12-21)15-5-3-2-4-6-15;1-2;;;/h1-10,20-24,27,29H,11-14,16-17H2;4-8,15-19,22,25H,9-13H2,1-3H3;2-6,13-14,16-18,20-21H,7-12H2,1H3;1H3;3*1H/t20?,21?,22?,23-,24+;15?,16?,17?,18-,19-;13?,14?,16?,17-,18-;;;;/m100..../s1. The molecule has 6 aliphatic rings. The van der Waals surface area contributed by atoms with Crippen LogP contribution >= 0.6 is 48.8 Å². The van der Waals surface area contributed by atoms with Gasteiger partial charge in [0.15, 0.2) is 0 Å². The minimum atomic E-state index is -0.512. The summed E-state index contributed by atoms with van der Waals surface area (Å²) in [5.41, 5.74) is 3.88. The Morgan fingerprint density at radius 1 is 0.540 bits per heavy atom. The Hall–Kier alpha value is -5.23. The molecular formula is C66H93Cl4N7O10. The smallest absolute Gasteiger partial charge is 0.410 e. The number of amides is 3. The molecule has 4 aromatic carbocycles. The summed E-state index contributed by atoms with van der Waals surface area (Å²) in [4.78, 5) is 55.8. The summed E-state index contributed by atoms with van der Waals surface area (Å²) in [7, 11) is 6.40. The largest absolute Gasteiger partial charge is 0.468 e. The summed E-state index contributed by atoms with van der Waals surface area (Å²) in [6.07, 6.45) is 14.2. The van der Waals surface area contributed by atoms with Gasteiger partial charge in [0.1, 0.15) is 18.7 Å². The van der Waals surface area contributed by atoms with E-state index < -0.39 is 6.04 Å². The number of urea groups is 1. The van der Waals surface area contributed by atoms with Crippen molar-refractivity contribution in [3.8, 4) is 6.07 Å². The Balaban J connectivity index is 0.000000273. The first-order valence-electron chi connectivity index (χ1n) is 30.0. The number of nitrogens with one attached hydrogen (secondary N) is 3. The van der Waals surface area contributed by atoms with Crippen LogP contribution in [-0.4, -0.2) is 151 Å². The molecule has 0 aromatic heterocycles. The van der Waals surface area contributed by atoms with Crippen LogP contribution in [0.5, 0.6) is 0 Å². The van der Waals surface area contributed by atoms with Crippen LogP contribution in [0.4, 0.5) is 9.59 Å². The van der Waals surface area contributed by atoms with E-state index in [0.717, 1.165) is 98.3 Å². The molecule has 2 aliphatic carbocycles. The van der Waals surface area contributed by atoms with Crippen molar-refractivity contribution >= 4 is 72.9 Å². The van der Waals surface area contributed by atoms with Crippen molar-refractivity contribution in [3.63, 3.8) is 0 Å². The number of aliphatic hydroxyl groups excluding tert-OH is 3. The molecule has 6 bridgehead atoms. The second-order valence-corrected chi connectivity index (χ2v) is 23.6. The Kier molecular flexibility index (Phi) is 32.2. The van der Waals surface area contributed by atoms with Gasteiger partial charge in [-0.2, -0.15) is 5.26 Å². The number of hydrogen-bond donors (Lipinski definition) is 6. The van der Waals surface area contributed by atoms with Crippen LogP contribution in [0, 0.1) is 40.9 Å². The minimum Gasteiger partial charge on any atom is -0.468 e. The van der Waals surface area contributed by atoms with Crippen LogP contribution in [-0.2, 0) is 30.4 Å². The molecule has 4 saturated heterocycles. The van der Waals surface area contributed by atoms with Gasteiger partial charge in [-0.05, 0) is 122 Å². The normalized spacial score (nSPS) is 24.7. The molecule has 87 heavy (non-hydrogen) atoms. The summed E-state index contributed by atoms with van der Waals surface area (Å²) < 4.78 is 15.7. The lowest BCUT2D eigenvalue weighted by atomic mass is 9.77. The van der Waals surface area contributed by atoms with Crippen molar-refractivity contribution in [2.45, 2.75) is 150 Å². The van der Waals surface area contributed by atoms with Gasteiger partial charge in [0.05, 0.1) is 64.3 Å². The number of carbonyl (C=O) groups excluding carboxylic acids is 4. The van der Waals surface area contributed by atoms with E-state index in [-0.39, 0.29) is 154 Å².